The molecule has 0 radical (unpaired) electrons. The van der Waals surface area contributed by atoms with Crippen LogP contribution in [0.3, 0.4) is 0 Å². The Morgan fingerprint density at radius 2 is 2.08 bits per heavy atom. The number of aliphatic hydroxyl groups excluding tert-OH is 1. The predicted octanol–water partition coefficient (Wildman–Crippen LogP) is 3.24. The van der Waals surface area contributed by atoms with E-state index in [4.69, 9.17) is 4.74 Å². The number of aryl methyl sites for hydroxylation is 3. The van der Waals surface area contributed by atoms with Gasteiger partial charge in [-0.1, -0.05) is 11.6 Å². The number of amides is 1. The van der Waals surface area contributed by atoms with E-state index in [2.05, 4.69) is 31.0 Å². The fraction of sp³-hybridized carbons (Fsp3) is 0.571. The first-order chi connectivity index (χ1) is 12.4. The number of carbonyl (C=O) groups is 1. The van der Waals surface area contributed by atoms with E-state index in [0.29, 0.717) is 18.7 Å². The lowest BCUT2D eigenvalue weighted by Crippen LogP contribution is -2.52. The van der Waals surface area contributed by atoms with E-state index in [0.717, 1.165) is 41.3 Å². The Bertz CT molecular complexity index is 872. The average molecular weight is 356 g/mol. The molecule has 2 aliphatic rings. The number of likely N-dealkylation sites (tertiary alicyclic amines) is 1. The van der Waals surface area contributed by atoms with Crippen molar-refractivity contribution in [2.45, 2.75) is 64.2 Å². The Morgan fingerprint density at radius 3 is 2.81 bits per heavy atom. The molecule has 0 unspecified atom stereocenters. The molecule has 1 saturated heterocycles. The van der Waals surface area contributed by atoms with Gasteiger partial charge in [0, 0.05) is 24.6 Å². The summed E-state index contributed by atoms with van der Waals surface area (Å²) in [5.41, 5.74) is 4.76. The number of methoxy groups -OCH3 is 1. The summed E-state index contributed by atoms with van der Waals surface area (Å²) in [4.78, 5) is 18.7. The lowest BCUT2D eigenvalue weighted by Gasteiger charge is -2.42. The predicted molar refractivity (Wildman–Crippen MR) is 102 cm³/mol. The number of H-pyrrole nitrogens is 1. The van der Waals surface area contributed by atoms with Crippen molar-refractivity contribution in [3.8, 4) is 0 Å². The van der Waals surface area contributed by atoms with Crippen LogP contribution in [0.4, 0.5) is 0 Å². The number of rotatable bonds is 2. The second kappa shape index (κ2) is 6.10. The quantitative estimate of drug-likeness (QED) is 0.868. The molecule has 5 nitrogen and oxygen atoms in total. The van der Waals surface area contributed by atoms with Gasteiger partial charge in [-0.3, -0.25) is 4.79 Å². The van der Waals surface area contributed by atoms with Crippen LogP contribution in [0.2, 0.25) is 0 Å². The monoisotopic (exact) mass is 356 g/mol. The van der Waals surface area contributed by atoms with Crippen LogP contribution in [0.15, 0.2) is 12.1 Å². The first-order valence-electron chi connectivity index (χ1n) is 9.50. The van der Waals surface area contributed by atoms with Crippen molar-refractivity contribution >= 4 is 16.8 Å². The van der Waals surface area contributed by atoms with Crippen molar-refractivity contribution < 1.29 is 14.6 Å². The Labute approximate surface area is 154 Å². The first kappa shape index (κ1) is 17.6. The Kier molecular flexibility index (Phi) is 4.12. The van der Waals surface area contributed by atoms with Gasteiger partial charge >= 0.3 is 0 Å². The summed E-state index contributed by atoms with van der Waals surface area (Å²) in [6, 6.07) is 4.21. The van der Waals surface area contributed by atoms with Crippen LogP contribution < -0.4 is 0 Å². The maximum absolute atomic E-state index is 13.4. The van der Waals surface area contributed by atoms with Crippen LogP contribution in [0.25, 0.3) is 10.9 Å². The third kappa shape index (κ3) is 2.48. The highest BCUT2D eigenvalue weighted by molar-refractivity contribution is 6.02. The summed E-state index contributed by atoms with van der Waals surface area (Å²) < 4.78 is 5.88. The fourth-order valence-electron chi connectivity index (χ4n) is 5.06. The van der Waals surface area contributed by atoms with Gasteiger partial charge in [0.25, 0.3) is 5.91 Å². The van der Waals surface area contributed by atoms with Gasteiger partial charge in [-0.05, 0) is 63.6 Å². The number of hydrogen-bond donors (Lipinski definition) is 2. The molecule has 2 heterocycles. The summed E-state index contributed by atoms with van der Waals surface area (Å²) in [6.07, 6.45) is 2.63. The molecule has 1 aliphatic heterocycles. The fourth-order valence-corrected chi connectivity index (χ4v) is 5.06. The van der Waals surface area contributed by atoms with Crippen LogP contribution in [-0.4, -0.2) is 52.3 Å². The average Bonchev–Trinajstić information content (AvgIpc) is 3.14. The minimum atomic E-state index is -0.356. The van der Waals surface area contributed by atoms with Crippen molar-refractivity contribution in [3.63, 3.8) is 0 Å². The zero-order valence-electron chi connectivity index (χ0n) is 16.1. The SMILES string of the molecule is CO[C@@]12CC[C@H](O)C[C@@H]1N(C(=O)c1[nH]c3c(C)cc(C)cc3c1C)CC2. The molecular weight excluding hydrogens is 328 g/mol. The molecule has 4 rings (SSSR count). The van der Waals surface area contributed by atoms with Crippen molar-refractivity contribution in [3.05, 3.63) is 34.5 Å². The number of carbonyl (C=O) groups excluding carboxylic acids is 1. The van der Waals surface area contributed by atoms with Gasteiger partial charge in [0.05, 0.1) is 17.7 Å². The third-order valence-corrected chi connectivity index (χ3v) is 6.55. The Hall–Kier alpha value is -1.85. The first-order valence-corrected chi connectivity index (χ1v) is 9.50. The maximum atomic E-state index is 13.4. The topological polar surface area (TPSA) is 65.6 Å². The minimum Gasteiger partial charge on any atom is -0.393 e. The highest BCUT2D eigenvalue weighted by atomic mass is 16.5. The molecule has 1 aliphatic carbocycles. The molecule has 0 spiro atoms. The molecule has 2 aromatic rings. The number of ether oxygens (including phenoxy) is 1. The van der Waals surface area contributed by atoms with Crippen molar-refractivity contribution in [2.75, 3.05) is 13.7 Å². The maximum Gasteiger partial charge on any atom is 0.270 e. The Balaban J connectivity index is 1.73. The van der Waals surface area contributed by atoms with Gasteiger partial charge < -0.3 is 19.7 Å². The lowest BCUT2D eigenvalue weighted by molar-refractivity contribution is -0.0824. The largest absolute Gasteiger partial charge is 0.393 e. The number of nitrogens with zero attached hydrogens (tertiary/aromatic N) is 1. The van der Waals surface area contributed by atoms with E-state index >= 15 is 0 Å². The van der Waals surface area contributed by atoms with Gasteiger partial charge in [0.2, 0.25) is 0 Å². The molecule has 1 saturated carbocycles. The van der Waals surface area contributed by atoms with Gasteiger partial charge in [0.1, 0.15) is 5.69 Å². The standard InChI is InChI=1S/C21H28N2O3/c1-12-9-13(2)18-16(10-12)14(3)19(22-18)20(25)23-8-7-21(26-4)6-5-15(24)11-17(21)23/h9-10,15,17,22,24H,5-8,11H2,1-4H3/t15-,17-,21+/m0/s1. The van der Waals surface area contributed by atoms with E-state index in [-0.39, 0.29) is 23.7 Å². The van der Waals surface area contributed by atoms with Crippen LogP contribution in [-0.2, 0) is 4.74 Å². The zero-order valence-corrected chi connectivity index (χ0v) is 16.1. The number of aliphatic hydroxyl groups is 1. The summed E-state index contributed by atoms with van der Waals surface area (Å²) in [5.74, 6) is 0.0220. The molecule has 1 aromatic heterocycles. The number of aromatic amines is 1. The second-order valence-corrected chi connectivity index (χ2v) is 8.09. The summed E-state index contributed by atoms with van der Waals surface area (Å²) in [5, 5.41) is 11.3. The molecule has 2 fully saturated rings. The van der Waals surface area contributed by atoms with E-state index in [9.17, 15) is 9.90 Å². The van der Waals surface area contributed by atoms with Gasteiger partial charge in [-0.2, -0.15) is 0 Å². The van der Waals surface area contributed by atoms with E-state index in [1.54, 1.807) is 7.11 Å². The summed E-state index contributed by atoms with van der Waals surface area (Å²) >= 11 is 0. The summed E-state index contributed by atoms with van der Waals surface area (Å²) in [6.45, 7) is 6.84. The highest BCUT2D eigenvalue weighted by Gasteiger charge is 2.52. The highest BCUT2D eigenvalue weighted by Crippen LogP contribution is 2.43. The van der Waals surface area contributed by atoms with Crippen molar-refractivity contribution in [2.24, 2.45) is 0 Å². The zero-order chi connectivity index (χ0) is 18.6. The van der Waals surface area contributed by atoms with Crippen LogP contribution >= 0.6 is 0 Å². The van der Waals surface area contributed by atoms with E-state index in [1.165, 1.54) is 5.56 Å². The molecule has 26 heavy (non-hydrogen) atoms. The minimum absolute atomic E-state index is 0.0220. The molecule has 0 bridgehead atoms. The molecule has 2 N–H and O–H groups in total. The van der Waals surface area contributed by atoms with Crippen LogP contribution in [0.1, 0.15) is 52.9 Å². The lowest BCUT2D eigenvalue weighted by atomic mass is 9.79. The number of benzene rings is 1. The normalized spacial score (nSPS) is 28.6. The molecule has 1 aromatic carbocycles. The van der Waals surface area contributed by atoms with Gasteiger partial charge in [-0.15, -0.1) is 0 Å². The molecule has 1 amide bonds. The summed E-state index contributed by atoms with van der Waals surface area (Å²) in [7, 11) is 1.74. The smallest absolute Gasteiger partial charge is 0.270 e. The van der Waals surface area contributed by atoms with Crippen LogP contribution in [0, 0.1) is 20.8 Å². The van der Waals surface area contributed by atoms with Gasteiger partial charge in [-0.25, -0.2) is 0 Å². The van der Waals surface area contributed by atoms with Crippen LogP contribution in [0.5, 0.6) is 0 Å². The molecule has 140 valence electrons. The third-order valence-electron chi connectivity index (χ3n) is 6.55. The Morgan fingerprint density at radius 1 is 1.31 bits per heavy atom. The number of fused-ring (bicyclic) bond motifs is 2. The van der Waals surface area contributed by atoms with Crippen molar-refractivity contribution in [1.82, 2.24) is 9.88 Å². The van der Waals surface area contributed by atoms with E-state index < -0.39 is 0 Å². The number of aromatic nitrogens is 1. The van der Waals surface area contributed by atoms with Crippen molar-refractivity contribution in [1.29, 1.82) is 0 Å². The number of hydrogen-bond acceptors (Lipinski definition) is 3. The molecular formula is C21H28N2O3. The number of nitrogens with one attached hydrogen (secondary N) is 1. The second-order valence-electron chi connectivity index (χ2n) is 8.09. The molecule has 3 atom stereocenters. The van der Waals surface area contributed by atoms with Gasteiger partial charge in [0.15, 0.2) is 0 Å². The van der Waals surface area contributed by atoms with E-state index in [1.807, 2.05) is 11.8 Å². The molecule has 5 heteroatoms.